The number of nitrogens with zero attached hydrogens (tertiary/aromatic N) is 2. The van der Waals surface area contributed by atoms with Gasteiger partial charge in [-0.05, 0) is 88.3 Å². The van der Waals surface area contributed by atoms with Crippen molar-refractivity contribution in [2.24, 2.45) is 5.92 Å². The molecule has 3 heterocycles. The standard InChI is InChI=1S/C36H51FN5O9P/c37-22-24-15-16-30(41-17-9-4-10-18-41)29(19-24)39-35(46)51-27-20-31-32(43)40-36(52(47,48)49)21-25(36)11-5-2-1-3-6-14-28(33(44)42(31)23-27)38-34(45)50-26-12-7-8-13-26/h5,11,15-16,19,25-28,31H,1-4,6-10,12-14,17-18,20-23H2,(H,38,45)(H,39,46)(H,40,43)(H2,47,48,49)/b11-5-/t25-,27-,28+,31+,36+/m1/s1. The van der Waals surface area contributed by atoms with Crippen LogP contribution in [-0.2, 0) is 30.3 Å². The van der Waals surface area contributed by atoms with Crippen LogP contribution in [-0.4, -0.2) is 87.9 Å². The van der Waals surface area contributed by atoms with Crippen molar-refractivity contribution in [2.45, 2.75) is 126 Å². The van der Waals surface area contributed by atoms with E-state index in [1.165, 1.54) is 4.90 Å². The summed E-state index contributed by atoms with van der Waals surface area (Å²) in [6, 6.07) is 2.71. The molecule has 2 saturated carbocycles. The van der Waals surface area contributed by atoms with E-state index in [9.17, 15) is 37.9 Å². The quantitative estimate of drug-likeness (QED) is 0.183. The number of piperidine rings is 1. The van der Waals surface area contributed by atoms with Gasteiger partial charge in [-0.3, -0.25) is 19.5 Å². The number of fused-ring (bicyclic) bond motifs is 2. The van der Waals surface area contributed by atoms with Crippen LogP contribution in [0, 0.1) is 5.92 Å². The highest BCUT2D eigenvalue weighted by atomic mass is 31.2. The van der Waals surface area contributed by atoms with Crippen LogP contribution in [0.1, 0.15) is 95.5 Å². The van der Waals surface area contributed by atoms with Crippen molar-refractivity contribution in [1.29, 1.82) is 0 Å². The van der Waals surface area contributed by atoms with Gasteiger partial charge >= 0.3 is 19.8 Å². The van der Waals surface area contributed by atoms with Crippen LogP contribution in [0.5, 0.6) is 0 Å². The van der Waals surface area contributed by atoms with Crippen LogP contribution in [0.2, 0.25) is 0 Å². The average molecular weight is 748 g/mol. The van der Waals surface area contributed by atoms with Gasteiger partial charge in [-0.25, -0.2) is 14.0 Å². The summed E-state index contributed by atoms with van der Waals surface area (Å²) in [5, 5.41) is 6.25. The summed E-state index contributed by atoms with van der Waals surface area (Å²) < 4.78 is 37.8. The average Bonchev–Trinajstić information content (AvgIpc) is 3.39. The lowest BCUT2D eigenvalue weighted by atomic mass is 10.0. The van der Waals surface area contributed by atoms with Gasteiger partial charge in [0.1, 0.15) is 36.2 Å². The number of nitrogens with one attached hydrogen (secondary N) is 3. The predicted molar refractivity (Wildman–Crippen MR) is 190 cm³/mol. The molecule has 2 aliphatic carbocycles. The second kappa shape index (κ2) is 16.6. The number of alkyl carbamates (subject to hydrolysis) is 1. The SMILES string of the molecule is O=C(N[C@H]1CCCCC/C=C\[C@@H]2C[C@@]2(P(=O)(O)O)NC(=O)[C@@H]2C[C@@H](OC(=O)Nc3cc(CF)ccc3N3CCCCC3)CN2C1=O)OC1CCCC1. The molecule has 1 aromatic carbocycles. The molecule has 4 fully saturated rings. The maximum atomic E-state index is 14.3. The molecule has 14 nitrogen and oxygen atoms in total. The maximum Gasteiger partial charge on any atom is 0.412 e. The lowest BCUT2D eigenvalue weighted by Gasteiger charge is -2.31. The van der Waals surface area contributed by atoms with Crippen LogP contribution >= 0.6 is 7.60 Å². The Morgan fingerprint density at radius 2 is 1.67 bits per heavy atom. The number of hydrogen-bond donors (Lipinski definition) is 5. The summed E-state index contributed by atoms with van der Waals surface area (Å²) >= 11 is 0. The Morgan fingerprint density at radius 3 is 2.40 bits per heavy atom. The Kier molecular flexibility index (Phi) is 12.1. The topological polar surface area (TPSA) is 187 Å². The summed E-state index contributed by atoms with van der Waals surface area (Å²) in [4.78, 5) is 78.7. The molecule has 3 aliphatic heterocycles. The molecule has 0 radical (unpaired) electrons. The highest BCUT2D eigenvalue weighted by Gasteiger charge is 2.66. The maximum absolute atomic E-state index is 14.3. The van der Waals surface area contributed by atoms with Gasteiger partial charge in [0.05, 0.1) is 17.9 Å². The predicted octanol–water partition coefficient (Wildman–Crippen LogP) is 5.23. The molecule has 0 aromatic heterocycles. The van der Waals surface area contributed by atoms with E-state index in [2.05, 4.69) is 20.9 Å². The van der Waals surface area contributed by atoms with E-state index < -0.39 is 67.7 Å². The number of benzene rings is 1. The number of hydrogen-bond acceptors (Lipinski definition) is 8. The van der Waals surface area contributed by atoms with Crippen molar-refractivity contribution < 1.29 is 47.4 Å². The van der Waals surface area contributed by atoms with Crippen LogP contribution in [0.25, 0.3) is 0 Å². The molecule has 6 rings (SSSR count). The minimum Gasteiger partial charge on any atom is -0.446 e. The zero-order valence-corrected chi connectivity index (χ0v) is 30.4. The van der Waals surface area contributed by atoms with E-state index >= 15 is 0 Å². The van der Waals surface area contributed by atoms with Crippen molar-refractivity contribution in [3.63, 3.8) is 0 Å². The van der Waals surface area contributed by atoms with Gasteiger partial charge in [0.25, 0.3) is 0 Å². The van der Waals surface area contributed by atoms with Crippen molar-refractivity contribution in [2.75, 3.05) is 29.9 Å². The number of carbonyl (C=O) groups excluding carboxylic acids is 4. The number of anilines is 2. The summed E-state index contributed by atoms with van der Waals surface area (Å²) in [6.45, 7) is 0.642. The number of carbonyl (C=O) groups is 4. The molecule has 2 saturated heterocycles. The van der Waals surface area contributed by atoms with E-state index in [0.29, 0.717) is 24.1 Å². The van der Waals surface area contributed by atoms with Crippen molar-refractivity contribution in [1.82, 2.24) is 15.5 Å². The first-order valence-electron chi connectivity index (χ1n) is 18.7. The zero-order valence-electron chi connectivity index (χ0n) is 29.5. The molecule has 4 amide bonds. The van der Waals surface area contributed by atoms with Crippen molar-refractivity contribution >= 4 is 43.0 Å². The van der Waals surface area contributed by atoms with Gasteiger partial charge in [-0.2, -0.15) is 0 Å². The molecule has 5 N–H and O–H groups in total. The fourth-order valence-electron chi connectivity index (χ4n) is 8.03. The fourth-order valence-corrected chi connectivity index (χ4v) is 9.24. The third kappa shape index (κ3) is 8.91. The number of alkyl halides is 1. The monoisotopic (exact) mass is 747 g/mol. The molecule has 16 heteroatoms. The van der Waals surface area contributed by atoms with E-state index in [1.54, 1.807) is 24.3 Å². The van der Waals surface area contributed by atoms with Crippen LogP contribution < -0.4 is 20.9 Å². The summed E-state index contributed by atoms with van der Waals surface area (Å²) in [6.07, 6.45) is 10.2. The molecular weight excluding hydrogens is 696 g/mol. The van der Waals surface area contributed by atoms with Gasteiger partial charge in [-0.1, -0.05) is 31.1 Å². The normalized spacial score (nSPS) is 29.5. The van der Waals surface area contributed by atoms with Gasteiger partial charge < -0.3 is 39.7 Å². The van der Waals surface area contributed by atoms with Gasteiger partial charge in [0.15, 0.2) is 0 Å². The van der Waals surface area contributed by atoms with E-state index in [4.69, 9.17) is 9.47 Å². The van der Waals surface area contributed by atoms with Gasteiger partial charge in [0, 0.05) is 25.4 Å². The molecule has 5 atom stereocenters. The molecular formula is C36H51FN5O9P. The second-order valence-electron chi connectivity index (χ2n) is 14.8. The van der Waals surface area contributed by atoms with E-state index in [1.807, 2.05) is 6.08 Å². The number of amides is 4. The Bertz CT molecular complexity index is 1560. The highest BCUT2D eigenvalue weighted by Crippen LogP contribution is 2.67. The first-order valence-corrected chi connectivity index (χ1v) is 20.3. The smallest absolute Gasteiger partial charge is 0.412 e. The number of halogens is 1. The molecule has 52 heavy (non-hydrogen) atoms. The number of rotatable bonds is 7. The lowest BCUT2D eigenvalue weighted by molar-refractivity contribution is -0.140. The van der Waals surface area contributed by atoms with Crippen molar-refractivity contribution in [3.05, 3.63) is 35.9 Å². The van der Waals surface area contributed by atoms with Crippen molar-refractivity contribution in [3.8, 4) is 0 Å². The van der Waals surface area contributed by atoms with Crippen LogP contribution in [0.3, 0.4) is 0 Å². The molecule has 5 aliphatic rings. The largest absolute Gasteiger partial charge is 0.446 e. The molecule has 286 valence electrons. The van der Waals surface area contributed by atoms with Crippen LogP contribution in [0.15, 0.2) is 30.4 Å². The Hall–Kier alpha value is -3.68. The Balaban J connectivity index is 1.22. The third-order valence-electron chi connectivity index (χ3n) is 11.0. The molecule has 0 unspecified atom stereocenters. The zero-order chi connectivity index (χ0) is 36.9. The Morgan fingerprint density at radius 1 is 0.962 bits per heavy atom. The summed E-state index contributed by atoms with van der Waals surface area (Å²) in [7, 11) is -4.83. The molecule has 0 spiro atoms. The minimum absolute atomic E-state index is 0.0387. The second-order valence-corrected chi connectivity index (χ2v) is 16.7. The molecule has 1 aromatic rings. The van der Waals surface area contributed by atoms with E-state index in [-0.39, 0.29) is 31.9 Å². The number of allylic oxidation sites excluding steroid dienone is 1. The third-order valence-corrected chi connectivity index (χ3v) is 12.7. The first-order chi connectivity index (χ1) is 25.0. The summed E-state index contributed by atoms with van der Waals surface area (Å²) in [5.41, 5.74) is 1.49. The number of ether oxygens (including phenoxy) is 2. The lowest BCUT2D eigenvalue weighted by Crippen LogP contribution is -2.55. The van der Waals surface area contributed by atoms with Gasteiger partial charge in [0.2, 0.25) is 11.8 Å². The van der Waals surface area contributed by atoms with Gasteiger partial charge in [-0.15, -0.1) is 0 Å². The van der Waals surface area contributed by atoms with Crippen LogP contribution in [0.4, 0.5) is 25.4 Å². The first kappa shape index (κ1) is 38.1. The minimum atomic E-state index is -4.83. The highest BCUT2D eigenvalue weighted by molar-refractivity contribution is 7.54. The van der Waals surface area contributed by atoms with E-state index in [0.717, 1.165) is 76.6 Å². The fraction of sp³-hybridized carbons (Fsp3) is 0.667. The molecule has 0 bridgehead atoms. The Labute approximate surface area is 303 Å². The summed E-state index contributed by atoms with van der Waals surface area (Å²) in [5.74, 6) is -1.95.